The van der Waals surface area contributed by atoms with Crippen molar-refractivity contribution in [3.63, 3.8) is 0 Å². The summed E-state index contributed by atoms with van der Waals surface area (Å²) in [6.45, 7) is 2.37. The van der Waals surface area contributed by atoms with Gasteiger partial charge in [0.1, 0.15) is 0 Å². The zero-order valence-electron chi connectivity index (χ0n) is 8.24. The van der Waals surface area contributed by atoms with Crippen LogP contribution in [0.3, 0.4) is 0 Å². The monoisotopic (exact) mass is 215 g/mol. The first-order valence-corrected chi connectivity index (χ1v) is 5.11. The molecule has 0 fully saturated rings. The van der Waals surface area contributed by atoms with Gasteiger partial charge in [-0.05, 0) is 13.3 Å². The Morgan fingerprint density at radius 3 is 2.93 bits per heavy atom. The number of carbonyl (C=O) groups is 1. The van der Waals surface area contributed by atoms with Gasteiger partial charge in [-0.1, -0.05) is 0 Å². The molecule has 0 amide bonds. The summed E-state index contributed by atoms with van der Waals surface area (Å²) in [5.74, 6) is -0.778. The van der Waals surface area contributed by atoms with E-state index in [1.807, 2.05) is 6.92 Å². The topological polar surface area (TPSA) is 59.4 Å². The van der Waals surface area contributed by atoms with Crippen LogP contribution in [0.4, 0.5) is 0 Å². The van der Waals surface area contributed by atoms with Gasteiger partial charge >= 0.3 is 5.97 Å². The minimum Gasteiger partial charge on any atom is -0.481 e. The Balaban J connectivity index is 2.68. The summed E-state index contributed by atoms with van der Waals surface area (Å²) < 4.78 is 4.99. The van der Waals surface area contributed by atoms with Crippen LogP contribution in [0.1, 0.15) is 22.0 Å². The Morgan fingerprint density at radius 1 is 1.64 bits per heavy atom. The number of thiazole rings is 1. The molecule has 0 aliphatic carbocycles. The molecule has 5 heteroatoms. The van der Waals surface area contributed by atoms with Gasteiger partial charge in [0, 0.05) is 12.0 Å². The summed E-state index contributed by atoms with van der Waals surface area (Å²) >= 11 is 1.54. The molecule has 0 saturated carbocycles. The third-order valence-corrected chi connectivity index (χ3v) is 2.81. The molecule has 1 rings (SSSR count). The van der Waals surface area contributed by atoms with Gasteiger partial charge in [0.25, 0.3) is 0 Å². The highest BCUT2D eigenvalue weighted by Gasteiger charge is 2.09. The SMILES string of the molecule is COCc1nc(C)sc1CCC(=O)O. The zero-order chi connectivity index (χ0) is 10.6. The molecule has 0 spiro atoms. The Kier molecular flexibility index (Phi) is 4.03. The van der Waals surface area contributed by atoms with Crippen LogP contribution in [0.15, 0.2) is 0 Å². The van der Waals surface area contributed by atoms with Crippen molar-refractivity contribution in [1.29, 1.82) is 0 Å². The van der Waals surface area contributed by atoms with Crippen LogP contribution in [0.5, 0.6) is 0 Å². The molecule has 0 radical (unpaired) electrons. The lowest BCUT2D eigenvalue weighted by Gasteiger charge is -1.98. The molecule has 0 atom stereocenters. The molecule has 4 nitrogen and oxygen atoms in total. The van der Waals surface area contributed by atoms with Crippen LogP contribution in [0.2, 0.25) is 0 Å². The molecule has 0 aromatic carbocycles. The van der Waals surface area contributed by atoms with Crippen molar-refractivity contribution in [1.82, 2.24) is 4.98 Å². The maximum Gasteiger partial charge on any atom is 0.303 e. The van der Waals surface area contributed by atoms with E-state index < -0.39 is 5.97 Å². The minimum atomic E-state index is -0.778. The van der Waals surface area contributed by atoms with Crippen LogP contribution in [0.25, 0.3) is 0 Å². The van der Waals surface area contributed by atoms with Gasteiger partial charge in [0.05, 0.1) is 23.7 Å². The van der Waals surface area contributed by atoms with Crippen molar-refractivity contribution in [3.8, 4) is 0 Å². The summed E-state index contributed by atoms with van der Waals surface area (Å²) in [6, 6.07) is 0. The molecule has 0 aliphatic heterocycles. The quantitative estimate of drug-likeness (QED) is 0.810. The van der Waals surface area contributed by atoms with Crippen LogP contribution in [-0.2, 0) is 22.6 Å². The highest BCUT2D eigenvalue weighted by molar-refractivity contribution is 7.11. The summed E-state index contributed by atoms with van der Waals surface area (Å²) in [5.41, 5.74) is 0.872. The number of hydrogen-bond acceptors (Lipinski definition) is 4. The average Bonchev–Trinajstić information content (AvgIpc) is 2.44. The fourth-order valence-electron chi connectivity index (χ4n) is 1.18. The molecular weight excluding hydrogens is 202 g/mol. The fraction of sp³-hybridized carbons (Fsp3) is 0.556. The first kappa shape index (κ1) is 11.1. The number of nitrogens with zero attached hydrogens (tertiary/aromatic N) is 1. The Bertz CT molecular complexity index is 322. The highest BCUT2D eigenvalue weighted by atomic mass is 32.1. The zero-order valence-corrected chi connectivity index (χ0v) is 9.06. The smallest absolute Gasteiger partial charge is 0.303 e. The van der Waals surface area contributed by atoms with Crippen molar-refractivity contribution in [2.24, 2.45) is 0 Å². The van der Waals surface area contributed by atoms with E-state index in [2.05, 4.69) is 4.98 Å². The predicted octanol–water partition coefficient (Wildman–Crippen LogP) is 1.62. The lowest BCUT2D eigenvalue weighted by molar-refractivity contribution is -0.136. The van der Waals surface area contributed by atoms with E-state index in [0.29, 0.717) is 13.0 Å². The lowest BCUT2D eigenvalue weighted by Crippen LogP contribution is -1.99. The van der Waals surface area contributed by atoms with Crippen LogP contribution in [0, 0.1) is 6.92 Å². The summed E-state index contributed by atoms with van der Waals surface area (Å²) in [7, 11) is 1.61. The van der Waals surface area contributed by atoms with E-state index in [0.717, 1.165) is 15.6 Å². The number of hydrogen-bond donors (Lipinski definition) is 1. The van der Waals surface area contributed by atoms with Gasteiger partial charge in [-0.15, -0.1) is 11.3 Å². The molecule has 78 valence electrons. The van der Waals surface area contributed by atoms with Crippen molar-refractivity contribution in [3.05, 3.63) is 15.6 Å². The van der Waals surface area contributed by atoms with Crippen LogP contribution in [-0.4, -0.2) is 23.2 Å². The Morgan fingerprint density at radius 2 is 2.36 bits per heavy atom. The van der Waals surface area contributed by atoms with Crippen molar-refractivity contribution < 1.29 is 14.6 Å². The van der Waals surface area contributed by atoms with E-state index in [1.54, 1.807) is 18.4 Å². The molecule has 1 heterocycles. The van der Waals surface area contributed by atoms with Gasteiger partial charge in [0.2, 0.25) is 0 Å². The van der Waals surface area contributed by atoms with Crippen LogP contribution >= 0.6 is 11.3 Å². The first-order chi connectivity index (χ1) is 6.63. The van der Waals surface area contributed by atoms with Gasteiger partial charge in [-0.3, -0.25) is 4.79 Å². The summed E-state index contributed by atoms with van der Waals surface area (Å²) in [5, 5.41) is 9.51. The second-order valence-corrected chi connectivity index (χ2v) is 4.22. The van der Waals surface area contributed by atoms with E-state index >= 15 is 0 Å². The number of methoxy groups -OCH3 is 1. The third-order valence-electron chi connectivity index (χ3n) is 1.73. The lowest BCUT2D eigenvalue weighted by atomic mass is 10.2. The summed E-state index contributed by atoms with van der Waals surface area (Å²) in [4.78, 5) is 15.7. The van der Waals surface area contributed by atoms with Crippen LogP contribution < -0.4 is 0 Å². The second-order valence-electron chi connectivity index (χ2n) is 2.93. The fourth-order valence-corrected chi connectivity index (χ4v) is 2.12. The van der Waals surface area contributed by atoms with E-state index in [-0.39, 0.29) is 6.42 Å². The second kappa shape index (κ2) is 5.07. The van der Waals surface area contributed by atoms with Gasteiger partial charge < -0.3 is 9.84 Å². The number of ether oxygens (including phenoxy) is 1. The Labute approximate surface area is 86.6 Å². The number of rotatable bonds is 5. The average molecular weight is 215 g/mol. The number of aryl methyl sites for hydroxylation is 2. The van der Waals surface area contributed by atoms with Crippen molar-refractivity contribution in [2.75, 3.05) is 7.11 Å². The van der Waals surface area contributed by atoms with E-state index in [4.69, 9.17) is 9.84 Å². The third kappa shape index (κ3) is 3.08. The number of aliphatic carboxylic acids is 1. The maximum atomic E-state index is 10.4. The molecule has 0 aliphatic rings. The maximum absolute atomic E-state index is 10.4. The number of carboxylic acids is 1. The van der Waals surface area contributed by atoms with E-state index in [1.165, 1.54) is 0 Å². The first-order valence-electron chi connectivity index (χ1n) is 4.29. The van der Waals surface area contributed by atoms with Crippen molar-refractivity contribution in [2.45, 2.75) is 26.4 Å². The predicted molar refractivity (Wildman–Crippen MR) is 53.5 cm³/mol. The molecule has 14 heavy (non-hydrogen) atoms. The largest absolute Gasteiger partial charge is 0.481 e. The number of carboxylic acid groups (broad SMARTS) is 1. The normalized spacial score (nSPS) is 10.4. The summed E-state index contributed by atoms with van der Waals surface area (Å²) in [6.07, 6.45) is 0.692. The number of aromatic nitrogens is 1. The molecular formula is C9H13NO3S. The van der Waals surface area contributed by atoms with Gasteiger partial charge in [-0.25, -0.2) is 4.98 Å². The standard InChI is InChI=1S/C9H13NO3S/c1-6-10-7(5-13-2)8(14-6)3-4-9(11)12/h3-5H2,1-2H3,(H,11,12). The molecule has 0 saturated heterocycles. The Hall–Kier alpha value is -0.940. The highest BCUT2D eigenvalue weighted by Crippen LogP contribution is 2.20. The molecule has 1 aromatic rings. The van der Waals surface area contributed by atoms with Crippen molar-refractivity contribution >= 4 is 17.3 Å². The van der Waals surface area contributed by atoms with Gasteiger partial charge in [-0.2, -0.15) is 0 Å². The minimum absolute atomic E-state index is 0.151. The van der Waals surface area contributed by atoms with E-state index in [9.17, 15) is 4.79 Å². The molecule has 0 bridgehead atoms. The van der Waals surface area contributed by atoms with Gasteiger partial charge in [0.15, 0.2) is 0 Å². The molecule has 0 unspecified atom stereocenters. The molecule has 1 aromatic heterocycles. The molecule has 1 N–H and O–H groups in total.